The Kier molecular flexibility index (Phi) is 6.37. The molecular weight excluding hydrogens is 447 g/mol. The second-order valence-electron chi connectivity index (χ2n) is 8.93. The van der Waals surface area contributed by atoms with E-state index in [1.165, 1.54) is 4.31 Å². The maximum atomic E-state index is 13.6. The summed E-state index contributed by atoms with van der Waals surface area (Å²) in [7, 11) is -3.81. The molecule has 2 aromatic rings. The number of carboxylic acid groups (broad SMARTS) is 1. The molecule has 1 N–H and O–H groups in total. The third kappa shape index (κ3) is 4.31. The lowest BCUT2D eigenvalue weighted by Crippen LogP contribution is -2.58. The highest BCUT2D eigenvalue weighted by Gasteiger charge is 2.39. The van der Waals surface area contributed by atoms with Gasteiger partial charge in [0, 0.05) is 30.9 Å². The number of hydrogen-bond acceptors (Lipinski definition) is 5. The van der Waals surface area contributed by atoms with Crippen LogP contribution in [-0.4, -0.2) is 55.8 Å². The number of carboxylic acids is 1. The van der Waals surface area contributed by atoms with E-state index < -0.39 is 28.8 Å². The van der Waals surface area contributed by atoms with E-state index in [-0.39, 0.29) is 17.0 Å². The second-order valence-corrected chi connectivity index (χ2v) is 10.8. The van der Waals surface area contributed by atoms with Crippen LogP contribution in [0.25, 0.3) is 0 Å². The molecule has 1 aliphatic carbocycles. The van der Waals surface area contributed by atoms with Gasteiger partial charge in [-0.15, -0.1) is 0 Å². The van der Waals surface area contributed by atoms with Crippen molar-refractivity contribution in [3.63, 3.8) is 0 Å². The first-order valence-corrected chi connectivity index (χ1v) is 12.5. The summed E-state index contributed by atoms with van der Waals surface area (Å²) in [6, 6.07) is 9.79. The van der Waals surface area contributed by atoms with Gasteiger partial charge in [-0.25, -0.2) is 12.8 Å². The molecule has 2 aliphatic rings. The highest BCUT2D eigenvalue weighted by atomic mass is 32.2. The molecule has 0 amide bonds. The first-order chi connectivity index (χ1) is 15.6. The Morgan fingerprint density at radius 1 is 1.15 bits per heavy atom. The summed E-state index contributed by atoms with van der Waals surface area (Å²) in [5, 5.41) is 9.50. The molecular formula is C24H29FN2O5S. The molecule has 0 bridgehead atoms. The Bertz CT molecular complexity index is 1160. The molecule has 1 heterocycles. The van der Waals surface area contributed by atoms with E-state index in [1.807, 2.05) is 32.9 Å². The Morgan fingerprint density at radius 3 is 2.45 bits per heavy atom. The zero-order chi connectivity index (χ0) is 23.9. The van der Waals surface area contributed by atoms with Crippen LogP contribution in [0.15, 0.2) is 41.3 Å². The molecule has 2 aromatic carbocycles. The lowest BCUT2D eigenvalue weighted by atomic mass is 10.0. The maximum Gasteiger partial charge on any atom is 0.310 e. The number of benzene rings is 2. The minimum Gasteiger partial charge on any atom is -0.481 e. The third-order valence-corrected chi connectivity index (χ3v) is 8.76. The average molecular weight is 477 g/mol. The highest BCUT2D eigenvalue weighted by molar-refractivity contribution is 7.89. The van der Waals surface area contributed by atoms with Crippen molar-refractivity contribution >= 4 is 21.7 Å². The van der Waals surface area contributed by atoms with Crippen LogP contribution in [0.1, 0.15) is 42.9 Å². The second kappa shape index (κ2) is 8.95. The van der Waals surface area contributed by atoms with E-state index >= 15 is 0 Å². The minimum atomic E-state index is -3.81. The molecule has 4 rings (SSSR count). The standard InChI is InChI=1S/C24H29FN2O5S/c1-15-10-19(6-9-23(15)32-14-25)26-12-16(2)27(17(3)13-26)33(30,31)20-7-4-18-5-8-21(24(28)29)22(18)11-20/h4,6-7,9-11,16-17,21H,5,8,12-14H2,1-3H3,(H,28,29)/t16-,17+,21?. The van der Waals surface area contributed by atoms with Crippen LogP contribution in [-0.2, 0) is 21.2 Å². The third-order valence-electron chi connectivity index (χ3n) is 6.64. The van der Waals surface area contributed by atoms with Crippen LogP contribution in [0.5, 0.6) is 5.75 Å². The number of alkyl halides is 1. The monoisotopic (exact) mass is 476 g/mol. The predicted molar refractivity (Wildman–Crippen MR) is 123 cm³/mol. The predicted octanol–water partition coefficient (Wildman–Crippen LogP) is 3.70. The Labute approximate surface area is 193 Å². The number of piperazine rings is 1. The molecule has 33 heavy (non-hydrogen) atoms. The van der Waals surface area contributed by atoms with Gasteiger partial charge in [-0.1, -0.05) is 6.07 Å². The summed E-state index contributed by atoms with van der Waals surface area (Å²) >= 11 is 0. The number of sulfonamides is 1. The zero-order valence-corrected chi connectivity index (χ0v) is 19.8. The van der Waals surface area contributed by atoms with Crippen LogP contribution in [0, 0.1) is 6.92 Å². The zero-order valence-electron chi connectivity index (χ0n) is 19.0. The normalized spacial score (nSPS) is 23.4. The van der Waals surface area contributed by atoms with E-state index in [2.05, 4.69) is 4.90 Å². The van der Waals surface area contributed by atoms with Crippen molar-refractivity contribution in [3.8, 4) is 5.75 Å². The number of halogens is 1. The van der Waals surface area contributed by atoms with Gasteiger partial charge in [-0.3, -0.25) is 4.79 Å². The smallest absolute Gasteiger partial charge is 0.310 e. The quantitative estimate of drug-likeness (QED) is 0.684. The van der Waals surface area contributed by atoms with Gasteiger partial charge in [0.2, 0.25) is 16.9 Å². The van der Waals surface area contributed by atoms with Crippen molar-refractivity contribution < 1.29 is 27.4 Å². The van der Waals surface area contributed by atoms with Crippen LogP contribution in [0.3, 0.4) is 0 Å². The maximum absolute atomic E-state index is 13.6. The van der Waals surface area contributed by atoms with Crippen molar-refractivity contribution in [2.75, 3.05) is 24.9 Å². The number of fused-ring (bicyclic) bond motifs is 1. The van der Waals surface area contributed by atoms with Crippen LogP contribution < -0.4 is 9.64 Å². The molecule has 1 fully saturated rings. The lowest BCUT2D eigenvalue weighted by molar-refractivity contribution is -0.138. The van der Waals surface area contributed by atoms with E-state index in [4.69, 9.17) is 4.74 Å². The van der Waals surface area contributed by atoms with E-state index in [0.29, 0.717) is 37.2 Å². The molecule has 9 heteroatoms. The average Bonchev–Trinajstić information content (AvgIpc) is 3.18. The molecule has 1 aliphatic heterocycles. The van der Waals surface area contributed by atoms with Crippen LogP contribution in [0.2, 0.25) is 0 Å². The van der Waals surface area contributed by atoms with Gasteiger partial charge in [-0.2, -0.15) is 4.31 Å². The van der Waals surface area contributed by atoms with Crippen molar-refractivity contribution in [2.45, 2.75) is 56.5 Å². The number of ether oxygens (including phenoxy) is 1. The van der Waals surface area contributed by atoms with Gasteiger partial charge in [-0.05, 0) is 80.6 Å². The van der Waals surface area contributed by atoms with Crippen molar-refractivity contribution in [1.82, 2.24) is 4.31 Å². The summed E-state index contributed by atoms with van der Waals surface area (Å²) in [6.45, 7) is 5.70. The van der Waals surface area contributed by atoms with Gasteiger partial charge in [0.05, 0.1) is 10.8 Å². The van der Waals surface area contributed by atoms with Gasteiger partial charge in [0.15, 0.2) is 0 Å². The summed E-state index contributed by atoms with van der Waals surface area (Å²) in [5.74, 6) is -1.09. The topological polar surface area (TPSA) is 87.2 Å². The van der Waals surface area contributed by atoms with Gasteiger partial charge >= 0.3 is 5.97 Å². The fraction of sp³-hybridized carbons (Fsp3) is 0.458. The van der Waals surface area contributed by atoms with Crippen LogP contribution >= 0.6 is 0 Å². The van der Waals surface area contributed by atoms with Crippen molar-refractivity contribution in [3.05, 3.63) is 53.1 Å². The summed E-state index contributed by atoms with van der Waals surface area (Å²) in [5.41, 5.74) is 3.25. The molecule has 0 aromatic heterocycles. The summed E-state index contributed by atoms with van der Waals surface area (Å²) in [4.78, 5) is 13.9. The first-order valence-electron chi connectivity index (χ1n) is 11.1. The Hall–Kier alpha value is -2.65. The number of aliphatic carboxylic acids is 1. The molecule has 3 atom stereocenters. The SMILES string of the molecule is Cc1cc(N2C[C@@H](C)N(S(=O)(=O)c3ccc4c(c3)C(C(=O)O)CC4)[C@@H](C)C2)ccc1OCF. The Morgan fingerprint density at radius 2 is 1.85 bits per heavy atom. The molecule has 0 spiro atoms. The fourth-order valence-electron chi connectivity index (χ4n) is 5.16. The molecule has 0 radical (unpaired) electrons. The van der Waals surface area contributed by atoms with Crippen molar-refractivity contribution in [2.24, 2.45) is 0 Å². The largest absolute Gasteiger partial charge is 0.481 e. The molecule has 1 unspecified atom stereocenters. The van der Waals surface area contributed by atoms with Crippen LogP contribution in [0.4, 0.5) is 10.1 Å². The lowest BCUT2D eigenvalue weighted by Gasteiger charge is -2.44. The van der Waals surface area contributed by atoms with Gasteiger partial charge < -0.3 is 14.7 Å². The molecule has 0 saturated carbocycles. The van der Waals surface area contributed by atoms with E-state index in [0.717, 1.165) is 16.8 Å². The number of hydrogen-bond donors (Lipinski definition) is 1. The number of nitrogens with zero attached hydrogens (tertiary/aromatic N) is 2. The van der Waals surface area contributed by atoms with Gasteiger partial charge in [0.1, 0.15) is 5.75 Å². The number of aryl methyl sites for hydroxylation is 2. The van der Waals surface area contributed by atoms with Crippen molar-refractivity contribution in [1.29, 1.82) is 0 Å². The number of rotatable bonds is 6. The van der Waals surface area contributed by atoms with Gasteiger partial charge in [0.25, 0.3) is 0 Å². The van der Waals surface area contributed by atoms with E-state index in [1.54, 1.807) is 24.3 Å². The van der Waals surface area contributed by atoms with E-state index in [9.17, 15) is 22.7 Å². The summed E-state index contributed by atoms with van der Waals surface area (Å²) < 4.78 is 46.2. The highest BCUT2D eigenvalue weighted by Crippen LogP contribution is 2.36. The number of carbonyl (C=O) groups is 1. The molecule has 1 saturated heterocycles. The minimum absolute atomic E-state index is 0.144. The first kappa shape index (κ1) is 23.5. The Balaban J connectivity index is 1.58. The summed E-state index contributed by atoms with van der Waals surface area (Å²) in [6.07, 6.45) is 1.14. The number of anilines is 1. The molecule has 7 nitrogen and oxygen atoms in total. The fourth-order valence-corrected chi connectivity index (χ4v) is 7.00. The molecule has 178 valence electrons.